The summed E-state index contributed by atoms with van der Waals surface area (Å²) in [5, 5.41) is 1.23. The minimum atomic E-state index is 0. The fourth-order valence-corrected chi connectivity index (χ4v) is 1.23. The highest BCUT2D eigenvalue weighted by atomic mass is 14.7. The van der Waals surface area contributed by atoms with Gasteiger partial charge in [-0.25, -0.2) is 0 Å². The van der Waals surface area contributed by atoms with Crippen LogP contribution in [0.1, 0.15) is 22.3 Å². The largest absolute Gasteiger partial charge is 0.361 e. The molecule has 0 saturated heterocycles. The summed E-state index contributed by atoms with van der Waals surface area (Å²) in [6.45, 7) is 4.61. The lowest BCUT2D eigenvalue weighted by atomic mass is 10.1. The van der Waals surface area contributed by atoms with Crippen molar-refractivity contribution in [2.75, 3.05) is 0 Å². The van der Waals surface area contributed by atoms with Crippen molar-refractivity contribution >= 4 is 10.9 Å². The van der Waals surface area contributed by atoms with E-state index in [-0.39, 0.29) is 2.85 Å². The fraction of sp³-hybridized carbons (Fsp3) is 0.273. The summed E-state index contributed by atoms with van der Waals surface area (Å²) < 4.78 is 0. The number of aromatic amines is 1. The van der Waals surface area contributed by atoms with Gasteiger partial charge in [0.1, 0.15) is 0 Å². The Morgan fingerprint density at radius 2 is 2.08 bits per heavy atom. The number of nitrogens with one attached hydrogen (secondary N) is 1. The molecule has 2 rings (SSSR count). The van der Waals surface area contributed by atoms with Crippen LogP contribution in [0.3, 0.4) is 0 Å². The van der Waals surface area contributed by atoms with Gasteiger partial charge in [0.2, 0.25) is 0 Å². The predicted octanol–water partition coefficient (Wildman–Crippen LogP) is 3.14. The minimum absolute atomic E-state index is 0. The molecular weight excluding hydrogens is 160 g/mol. The van der Waals surface area contributed by atoms with Gasteiger partial charge >= 0.3 is 0 Å². The van der Waals surface area contributed by atoms with E-state index in [1.54, 1.807) is 0 Å². The van der Waals surface area contributed by atoms with E-state index >= 15 is 0 Å². The molecule has 0 saturated carbocycles. The molecule has 1 heterocycles. The first-order valence-electron chi connectivity index (χ1n) is 4.66. The maximum absolute atomic E-state index is 5.50. The first-order valence-corrected chi connectivity index (χ1v) is 4.66. The van der Waals surface area contributed by atoms with Crippen molar-refractivity contribution in [2.24, 2.45) is 5.73 Å². The van der Waals surface area contributed by atoms with E-state index in [1.165, 1.54) is 16.5 Å². The standard InChI is InChI=1S/C9H10N2.C2H6.2H2/c10-6-7-1-2-9-8(5-7)3-4-11-9;1-2;;/h1-5,11H,6,10H2;1-2H3;2*1H. The summed E-state index contributed by atoms with van der Waals surface area (Å²) in [6.07, 6.45) is 1.94. The first kappa shape index (κ1) is 9.81. The van der Waals surface area contributed by atoms with Crippen molar-refractivity contribution in [3.05, 3.63) is 36.0 Å². The highest BCUT2D eigenvalue weighted by Crippen LogP contribution is 2.13. The van der Waals surface area contributed by atoms with Crippen molar-refractivity contribution in [3.63, 3.8) is 0 Å². The van der Waals surface area contributed by atoms with Crippen LogP contribution in [-0.2, 0) is 6.54 Å². The fourth-order valence-electron chi connectivity index (χ4n) is 1.23. The average Bonchev–Trinajstić information content (AvgIpc) is 2.67. The SMILES string of the molecule is CC.NCc1ccc2[nH]ccc2c1.[HH].[HH]. The van der Waals surface area contributed by atoms with Gasteiger partial charge in [0, 0.05) is 21.1 Å². The molecule has 1 aromatic heterocycles. The van der Waals surface area contributed by atoms with Crippen LogP contribution < -0.4 is 5.73 Å². The second-order valence-electron chi connectivity index (χ2n) is 2.60. The van der Waals surface area contributed by atoms with Gasteiger partial charge in [-0.15, -0.1) is 0 Å². The minimum Gasteiger partial charge on any atom is -0.361 e. The van der Waals surface area contributed by atoms with Gasteiger partial charge in [0.25, 0.3) is 0 Å². The zero-order chi connectivity index (χ0) is 9.68. The van der Waals surface area contributed by atoms with Crippen LogP contribution in [0.25, 0.3) is 10.9 Å². The van der Waals surface area contributed by atoms with Gasteiger partial charge in [-0.2, -0.15) is 0 Å². The van der Waals surface area contributed by atoms with Gasteiger partial charge in [-0.3, -0.25) is 0 Å². The molecule has 1 aromatic carbocycles. The molecule has 2 nitrogen and oxygen atoms in total. The molecule has 0 unspecified atom stereocenters. The quantitative estimate of drug-likeness (QED) is 0.695. The topological polar surface area (TPSA) is 41.8 Å². The number of hydrogen-bond acceptors (Lipinski definition) is 1. The number of H-pyrrole nitrogens is 1. The molecule has 3 N–H and O–H groups in total. The average molecular weight is 180 g/mol. The van der Waals surface area contributed by atoms with Gasteiger partial charge in [0.05, 0.1) is 0 Å². The highest BCUT2D eigenvalue weighted by Gasteiger charge is 1.93. The lowest BCUT2D eigenvalue weighted by molar-refractivity contribution is 1.08. The molecule has 0 radical (unpaired) electrons. The van der Waals surface area contributed by atoms with E-state index in [4.69, 9.17) is 5.73 Å². The van der Waals surface area contributed by atoms with Crippen molar-refractivity contribution in [2.45, 2.75) is 20.4 Å². The summed E-state index contributed by atoms with van der Waals surface area (Å²) in [6, 6.07) is 8.25. The Morgan fingerprint density at radius 3 is 2.77 bits per heavy atom. The number of rotatable bonds is 1. The highest BCUT2D eigenvalue weighted by molar-refractivity contribution is 5.79. The van der Waals surface area contributed by atoms with Gasteiger partial charge in [-0.1, -0.05) is 19.9 Å². The third kappa shape index (κ3) is 2.10. The van der Waals surface area contributed by atoms with E-state index in [1.807, 2.05) is 26.1 Å². The molecule has 0 amide bonds. The van der Waals surface area contributed by atoms with Crippen LogP contribution in [0.5, 0.6) is 0 Å². The molecule has 0 spiro atoms. The molecule has 0 atom stereocenters. The van der Waals surface area contributed by atoms with Crippen LogP contribution >= 0.6 is 0 Å². The van der Waals surface area contributed by atoms with E-state index in [2.05, 4.69) is 23.2 Å². The van der Waals surface area contributed by atoms with Crippen LogP contribution in [0.15, 0.2) is 30.5 Å². The zero-order valence-corrected chi connectivity index (χ0v) is 8.17. The zero-order valence-electron chi connectivity index (χ0n) is 8.17. The smallest absolute Gasteiger partial charge is 0.0454 e. The van der Waals surface area contributed by atoms with Crippen molar-refractivity contribution in [1.29, 1.82) is 0 Å². The normalized spacial score (nSPS) is 9.46. The number of fused-ring (bicyclic) bond motifs is 1. The number of aromatic nitrogens is 1. The summed E-state index contributed by atoms with van der Waals surface area (Å²) in [5.74, 6) is 0. The molecule has 0 aliphatic heterocycles. The van der Waals surface area contributed by atoms with E-state index in [0.29, 0.717) is 6.54 Å². The number of hydrogen-bond donors (Lipinski definition) is 2. The maximum atomic E-state index is 5.50. The maximum Gasteiger partial charge on any atom is 0.0454 e. The molecule has 0 aliphatic carbocycles. The molecule has 0 aliphatic rings. The Balaban J connectivity index is 0. The summed E-state index contributed by atoms with van der Waals surface area (Å²) in [5.41, 5.74) is 7.85. The van der Waals surface area contributed by atoms with Crippen molar-refractivity contribution in [3.8, 4) is 0 Å². The summed E-state index contributed by atoms with van der Waals surface area (Å²) >= 11 is 0. The molecule has 2 aromatic rings. The Kier molecular flexibility index (Phi) is 3.53. The molecular formula is C11H20N2. The Bertz CT molecular complexity index is 371. The Labute approximate surface area is 81.7 Å². The second kappa shape index (κ2) is 4.67. The van der Waals surface area contributed by atoms with E-state index in [0.717, 1.165) is 0 Å². The molecule has 13 heavy (non-hydrogen) atoms. The van der Waals surface area contributed by atoms with Crippen LogP contribution in [0.4, 0.5) is 0 Å². The third-order valence-corrected chi connectivity index (χ3v) is 1.85. The summed E-state index contributed by atoms with van der Waals surface area (Å²) in [4.78, 5) is 3.13. The molecule has 0 bridgehead atoms. The first-order chi connectivity index (χ1) is 6.40. The van der Waals surface area contributed by atoms with E-state index < -0.39 is 0 Å². The van der Waals surface area contributed by atoms with Gasteiger partial charge in [0.15, 0.2) is 0 Å². The van der Waals surface area contributed by atoms with Crippen molar-refractivity contribution < 1.29 is 2.85 Å². The Morgan fingerprint density at radius 1 is 1.31 bits per heavy atom. The third-order valence-electron chi connectivity index (χ3n) is 1.85. The predicted molar refractivity (Wildman–Crippen MR) is 61.8 cm³/mol. The summed E-state index contributed by atoms with van der Waals surface area (Å²) in [7, 11) is 0. The lowest BCUT2D eigenvalue weighted by Crippen LogP contribution is -1.94. The molecule has 74 valence electrons. The van der Waals surface area contributed by atoms with Gasteiger partial charge in [-0.05, 0) is 29.1 Å². The van der Waals surface area contributed by atoms with Gasteiger partial charge < -0.3 is 10.7 Å². The van der Waals surface area contributed by atoms with Crippen LogP contribution in [0.2, 0.25) is 0 Å². The van der Waals surface area contributed by atoms with Crippen LogP contribution in [-0.4, -0.2) is 4.98 Å². The number of benzene rings is 1. The number of nitrogens with two attached hydrogens (primary N) is 1. The molecule has 0 fully saturated rings. The van der Waals surface area contributed by atoms with Crippen LogP contribution in [0, 0.1) is 0 Å². The van der Waals surface area contributed by atoms with Crippen molar-refractivity contribution in [1.82, 2.24) is 4.98 Å². The van der Waals surface area contributed by atoms with E-state index in [9.17, 15) is 0 Å². The second-order valence-corrected chi connectivity index (χ2v) is 2.60. The molecule has 2 heteroatoms. The Hall–Kier alpha value is -1.28. The monoisotopic (exact) mass is 180 g/mol. The lowest BCUT2D eigenvalue weighted by Gasteiger charge is -1.94.